The molecular formula is C50H86NO8P. The summed E-state index contributed by atoms with van der Waals surface area (Å²) in [6, 6.07) is 0. The van der Waals surface area contributed by atoms with Crippen molar-refractivity contribution in [3.63, 3.8) is 0 Å². The largest absolute Gasteiger partial charge is 0.756 e. The van der Waals surface area contributed by atoms with Gasteiger partial charge in [-0.25, -0.2) is 0 Å². The number of likely N-dealkylation sites (N-methyl/N-ethyl adjacent to an activating group) is 1. The van der Waals surface area contributed by atoms with Gasteiger partial charge in [0.15, 0.2) is 6.10 Å². The molecule has 1 unspecified atom stereocenters. The Labute approximate surface area is 367 Å². The van der Waals surface area contributed by atoms with Crippen molar-refractivity contribution >= 4 is 19.8 Å². The summed E-state index contributed by atoms with van der Waals surface area (Å²) < 4.78 is 33.9. The molecule has 0 aliphatic heterocycles. The van der Waals surface area contributed by atoms with Gasteiger partial charge in [-0.1, -0.05) is 157 Å². The summed E-state index contributed by atoms with van der Waals surface area (Å²) in [6.07, 6.45) is 53.3. The van der Waals surface area contributed by atoms with E-state index >= 15 is 0 Å². The van der Waals surface area contributed by atoms with Crippen LogP contribution in [0.25, 0.3) is 0 Å². The Morgan fingerprint density at radius 1 is 0.533 bits per heavy atom. The molecule has 0 saturated carbocycles. The van der Waals surface area contributed by atoms with Crippen LogP contribution in [0.1, 0.15) is 168 Å². The van der Waals surface area contributed by atoms with Crippen molar-refractivity contribution < 1.29 is 42.1 Å². The van der Waals surface area contributed by atoms with Crippen LogP contribution in [0.3, 0.4) is 0 Å². The molecule has 0 N–H and O–H groups in total. The minimum absolute atomic E-state index is 0.0465. The number of ether oxygens (including phenoxy) is 2. The summed E-state index contributed by atoms with van der Waals surface area (Å²) in [7, 11) is 1.11. The first-order valence-electron chi connectivity index (χ1n) is 23.3. The van der Waals surface area contributed by atoms with Gasteiger partial charge in [0, 0.05) is 12.8 Å². The van der Waals surface area contributed by atoms with E-state index in [1.54, 1.807) is 0 Å². The highest BCUT2D eigenvalue weighted by atomic mass is 31.2. The number of hydrogen-bond acceptors (Lipinski definition) is 8. The fourth-order valence-electron chi connectivity index (χ4n) is 5.78. The summed E-state index contributed by atoms with van der Waals surface area (Å²) in [5.74, 6) is -0.914. The fourth-order valence-corrected chi connectivity index (χ4v) is 6.51. The number of rotatable bonds is 41. The molecule has 344 valence electrons. The smallest absolute Gasteiger partial charge is 0.306 e. The molecule has 0 fully saturated rings. The first kappa shape index (κ1) is 57.2. The number of nitrogens with zero attached hydrogens (tertiary/aromatic N) is 1. The Hall–Kier alpha value is -2.81. The van der Waals surface area contributed by atoms with Crippen LogP contribution in [0.2, 0.25) is 0 Å². The zero-order valence-corrected chi connectivity index (χ0v) is 39.5. The molecule has 0 spiro atoms. The monoisotopic (exact) mass is 860 g/mol. The van der Waals surface area contributed by atoms with E-state index in [0.717, 1.165) is 64.2 Å². The first-order valence-corrected chi connectivity index (χ1v) is 24.8. The second kappa shape index (κ2) is 41.5. The van der Waals surface area contributed by atoms with E-state index in [2.05, 4.69) is 92.8 Å². The van der Waals surface area contributed by atoms with Crippen LogP contribution in [-0.2, 0) is 32.7 Å². The van der Waals surface area contributed by atoms with Crippen LogP contribution in [0.5, 0.6) is 0 Å². The lowest BCUT2D eigenvalue weighted by atomic mass is 10.1. The standard InChI is InChI=1S/C50H86NO8P/c1-6-8-10-12-14-16-18-20-22-24-25-27-28-30-32-34-36-38-40-42-49(52)56-46-48(47-58-60(54,55)57-45-44-51(3,4)5)59-50(53)43-41-39-37-35-33-31-29-26-23-21-19-17-15-13-11-9-7-2/h9,11,14-17,20-23,29,31,35,37,48H,6-8,10,12-13,18-19,24-28,30,32-34,36,38-47H2,1-5H3/b11-9+,16-14+,17-15+,22-20+,23-21+,31-29+,37-35+/t48-/m1/s1. The molecular weight excluding hydrogens is 774 g/mol. The minimum atomic E-state index is -4.65. The number of unbranched alkanes of at least 4 members (excludes halogenated alkanes) is 13. The number of phosphoric ester groups is 1. The van der Waals surface area contributed by atoms with Gasteiger partial charge in [0.2, 0.25) is 0 Å². The van der Waals surface area contributed by atoms with E-state index in [0.29, 0.717) is 30.3 Å². The molecule has 0 aliphatic rings. The normalized spacial score (nSPS) is 14.3. The molecule has 0 bridgehead atoms. The van der Waals surface area contributed by atoms with Crippen molar-refractivity contribution in [2.24, 2.45) is 0 Å². The van der Waals surface area contributed by atoms with Gasteiger partial charge in [0.25, 0.3) is 7.82 Å². The topological polar surface area (TPSA) is 111 Å². The number of quaternary nitrogens is 1. The summed E-state index contributed by atoms with van der Waals surface area (Å²) in [4.78, 5) is 37.6. The fraction of sp³-hybridized carbons (Fsp3) is 0.680. The van der Waals surface area contributed by atoms with Crippen molar-refractivity contribution in [1.29, 1.82) is 0 Å². The second-order valence-corrected chi connectivity index (χ2v) is 17.8. The number of carbonyl (C=O) groups is 2. The third-order valence-electron chi connectivity index (χ3n) is 9.40. The average molecular weight is 860 g/mol. The van der Waals surface area contributed by atoms with Gasteiger partial charge >= 0.3 is 11.9 Å². The molecule has 0 heterocycles. The number of phosphoric acid groups is 1. The van der Waals surface area contributed by atoms with Crippen molar-refractivity contribution in [2.45, 2.75) is 174 Å². The molecule has 9 nitrogen and oxygen atoms in total. The van der Waals surface area contributed by atoms with Crippen molar-refractivity contribution in [2.75, 3.05) is 47.5 Å². The zero-order chi connectivity index (χ0) is 44.3. The van der Waals surface area contributed by atoms with E-state index in [4.69, 9.17) is 18.5 Å². The summed E-state index contributed by atoms with van der Waals surface area (Å²) in [6.45, 7) is 4.00. The highest BCUT2D eigenvalue weighted by molar-refractivity contribution is 7.45. The van der Waals surface area contributed by atoms with Crippen LogP contribution in [0.15, 0.2) is 85.1 Å². The Bertz CT molecular complexity index is 1290. The number of esters is 2. The van der Waals surface area contributed by atoms with Gasteiger partial charge in [-0.05, 0) is 83.5 Å². The molecule has 0 aromatic heterocycles. The average Bonchev–Trinajstić information content (AvgIpc) is 3.20. The maximum Gasteiger partial charge on any atom is 0.306 e. The summed E-state index contributed by atoms with van der Waals surface area (Å²) in [5.41, 5.74) is 0. The van der Waals surface area contributed by atoms with E-state index < -0.39 is 32.5 Å². The highest BCUT2D eigenvalue weighted by Gasteiger charge is 2.21. The SMILES string of the molecule is CC/C=C/C/C=C/C/C=C/C/C=C/C/C=C/CCCC(=O)O[C@H](COC(=O)CCCCCCCCCCC/C=C/C/C=C/CCCCC)COP(=O)([O-])OCC[N+](C)(C)C. The Kier molecular flexibility index (Phi) is 39.6. The predicted octanol–water partition coefficient (Wildman–Crippen LogP) is 12.9. The molecule has 0 rings (SSSR count). The van der Waals surface area contributed by atoms with Crippen LogP contribution in [-0.4, -0.2) is 70.0 Å². The molecule has 0 aromatic rings. The second-order valence-electron chi connectivity index (χ2n) is 16.4. The highest BCUT2D eigenvalue weighted by Crippen LogP contribution is 2.38. The predicted molar refractivity (Wildman–Crippen MR) is 249 cm³/mol. The Morgan fingerprint density at radius 3 is 1.47 bits per heavy atom. The molecule has 2 atom stereocenters. The van der Waals surface area contributed by atoms with Gasteiger partial charge in [0.05, 0.1) is 27.7 Å². The number of allylic oxidation sites excluding steroid dienone is 14. The van der Waals surface area contributed by atoms with Gasteiger partial charge in [-0.2, -0.15) is 0 Å². The van der Waals surface area contributed by atoms with Crippen LogP contribution in [0, 0.1) is 0 Å². The van der Waals surface area contributed by atoms with E-state index in [9.17, 15) is 19.0 Å². The summed E-state index contributed by atoms with van der Waals surface area (Å²) in [5, 5.41) is 0. The van der Waals surface area contributed by atoms with Crippen LogP contribution >= 0.6 is 7.82 Å². The molecule has 0 aromatic carbocycles. The lowest BCUT2D eigenvalue weighted by Gasteiger charge is -2.28. The number of carbonyl (C=O) groups excluding carboxylic acids is 2. The summed E-state index contributed by atoms with van der Waals surface area (Å²) >= 11 is 0. The van der Waals surface area contributed by atoms with Crippen molar-refractivity contribution in [3.8, 4) is 0 Å². The maximum atomic E-state index is 12.7. The van der Waals surface area contributed by atoms with Gasteiger partial charge in [0.1, 0.15) is 19.8 Å². The van der Waals surface area contributed by atoms with Gasteiger partial charge < -0.3 is 27.9 Å². The van der Waals surface area contributed by atoms with E-state index in [1.165, 1.54) is 57.8 Å². The lowest BCUT2D eigenvalue weighted by molar-refractivity contribution is -0.870. The Balaban J connectivity index is 4.42. The van der Waals surface area contributed by atoms with E-state index in [1.807, 2.05) is 27.2 Å². The van der Waals surface area contributed by atoms with Gasteiger partial charge in [-0.15, -0.1) is 0 Å². The van der Waals surface area contributed by atoms with Crippen molar-refractivity contribution in [3.05, 3.63) is 85.1 Å². The number of hydrogen-bond donors (Lipinski definition) is 0. The third-order valence-corrected chi connectivity index (χ3v) is 10.4. The van der Waals surface area contributed by atoms with E-state index in [-0.39, 0.29) is 26.1 Å². The lowest BCUT2D eigenvalue weighted by Crippen LogP contribution is -2.37. The first-order chi connectivity index (χ1) is 29.0. The molecule has 10 heteroatoms. The molecule has 0 saturated heterocycles. The van der Waals surface area contributed by atoms with Crippen LogP contribution in [0.4, 0.5) is 0 Å². The maximum absolute atomic E-state index is 12.7. The molecule has 0 aliphatic carbocycles. The molecule has 0 amide bonds. The van der Waals surface area contributed by atoms with Crippen LogP contribution < -0.4 is 4.89 Å². The third kappa shape index (κ3) is 44.7. The molecule has 0 radical (unpaired) electrons. The molecule has 60 heavy (non-hydrogen) atoms. The Morgan fingerprint density at radius 2 is 0.967 bits per heavy atom. The zero-order valence-electron chi connectivity index (χ0n) is 38.6. The van der Waals surface area contributed by atoms with Crippen molar-refractivity contribution in [1.82, 2.24) is 0 Å². The van der Waals surface area contributed by atoms with Gasteiger partial charge in [-0.3, -0.25) is 14.2 Å². The minimum Gasteiger partial charge on any atom is -0.756 e. The quantitative estimate of drug-likeness (QED) is 0.0196.